The number of carbonyl (C=O) groups excluding carboxylic acids is 5. The molecule has 308 valence electrons. The fraction of sp³-hybridized carbons (Fsp3) is 0.513. The van der Waals surface area contributed by atoms with Crippen molar-refractivity contribution in [2.24, 2.45) is 5.73 Å². The average Bonchev–Trinajstić information content (AvgIpc) is 3.93. The molecule has 2 aliphatic heterocycles. The molecule has 2 aromatic carbocycles. The van der Waals surface area contributed by atoms with Crippen LogP contribution in [-0.2, 0) is 25.7 Å². The van der Waals surface area contributed by atoms with Gasteiger partial charge in [0.25, 0.3) is 5.91 Å². The van der Waals surface area contributed by atoms with Crippen molar-refractivity contribution >= 4 is 41.2 Å². The number of thioether (sulfide) groups is 1. The molecule has 3 heterocycles. The zero-order chi connectivity index (χ0) is 40.6. The average molecular weight is 813 g/mol. The second kappa shape index (κ2) is 22.1. The Kier molecular flexibility index (Phi) is 16.8. The van der Waals surface area contributed by atoms with E-state index in [4.69, 9.17) is 15.2 Å². The van der Waals surface area contributed by atoms with E-state index in [0.717, 1.165) is 37.1 Å². The number of hydrogen-bond acceptors (Lipinski definition) is 11. The Morgan fingerprint density at radius 2 is 1.77 bits per heavy atom. The van der Waals surface area contributed by atoms with Crippen LogP contribution in [0.15, 0.2) is 48.7 Å². The number of amides is 4. The largest absolute Gasteiger partial charge is 0.480 e. The van der Waals surface area contributed by atoms with E-state index in [1.54, 1.807) is 30.5 Å². The molecule has 4 atom stereocenters. The summed E-state index contributed by atoms with van der Waals surface area (Å²) in [5, 5.41) is 20.0. The SMILES string of the molecule is NCCCC[C@H](NC(=O)c1cccc(-n2cc(CNC(=O)CCOCCCC(=O)CCCC[C@@H]3SC[C@@H]4NC(=O)N[C@@H]43)nn2)c1)C(=O)COc1c(F)cccc1F. The molecule has 3 aromatic rings. The van der Waals surface area contributed by atoms with E-state index in [0.29, 0.717) is 61.9 Å². The molecule has 15 nitrogen and oxygen atoms in total. The fourth-order valence-corrected chi connectivity index (χ4v) is 8.10. The van der Waals surface area contributed by atoms with Crippen LogP contribution in [0.2, 0.25) is 0 Å². The first-order chi connectivity index (χ1) is 27.6. The predicted molar refractivity (Wildman–Crippen MR) is 208 cm³/mol. The third-order valence-corrected chi connectivity index (χ3v) is 11.2. The molecule has 0 spiro atoms. The predicted octanol–water partition coefficient (Wildman–Crippen LogP) is 3.52. The molecule has 5 rings (SSSR count). The second-order valence-electron chi connectivity index (χ2n) is 14.0. The van der Waals surface area contributed by atoms with Crippen LogP contribution in [0.4, 0.5) is 13.6 Å². The van der Waals surface area contributed by atoms with Gasteiger partial charge < -0.3 is 36.5 Å². The quantitative estimate of drug-likeness (QED) is 0.0618. The number of nitrogens with zero attached hydrogens (tertiary/aromatic N) is 3. The number of unbranched alkanes of at least 4 members (excludes halogenated alkanes) is 2. The highest BCUT2D eigenvalue weighted by molar-refractivity contribution is 8.00. The van der Waals surface area contributed by atoms with Gasteiger partial charge in [0.2, 0.25) is 5.91 Å². The first-order valence-electron chi connectivity index (χ1n) is 19.3. The lowest BCUT2D eigenvalue weighted by Gasteiger charge is -2.18. The number of nitrogens with two attached hydrogens (primary N) is 1. The first kappa shape index (κ1) is 43.2. The van der Waals surface area contributed by atoms with E-state index in [1.165, 1.54) is 10.7 Å². The number of nitrogens with one attached hydrogen (secondary N) is 4. The number of benzene rings is 2. The van der Waals surface area contributed by atoms with Gasteiger partial charge >= 0.3 is 6.03 Å². The molecule has 2 fully saturated rings. The van der Waals surface area contributed by atoms with Crippen LogP contribution in [0.25, 0.3) is 5.69 Å². The number of ketones is 2. The number of ether oxygens (including phenoxy) is 2. The van der Waals surface area contributed by atoms with Crippen molar-refractivity contribution in [2.75, 3.05) is 32.1 Å². The second-order valence-corrected chi connectivity index (χ2v) is 15.2. The van der Waals surface area contributed by atoms with Crippen LogP contribution in [0, 0.1) is 11.6 Å². The number of fused-ring (bicyclic) bond motifs is 1. The number of rotatable bonds is 25. The number of para-hydroxylation sites is 1. The monoisotopic (exact) mass is 812 g/mol. The van der Waals surface area contributed by atoms with Crippen molar-refractivity contribution in [1.29, 1.82) is 0 Å². The van der Waals surface area contributed by atoms with Crippen molar-refractivity contribution in [2.45, 2.75) is 94.1 Å². The molecule has 0 bridgehead atoms. The molecule has 57 heavy (non-hydrogen) atoms. The van der Waals surface area contributed by atoms with Gasteiger partial charge in [-0.3, -0.25) is 19.2 Å². The lowest BCUT2D eigenvalue weighted by Crippen LogP contribution is -2.43. The minimum atomic E-state index is -0.989. The number of aromatic nitrogens is 3. The van der Waals surface area contributed by atoms with Gasteiger partial charge in [-0.25, -0.2) is 18.3 Å². The Hall–Kier alpha value is -4.94. The van der Waals surface area contributed by atoms with Crippen LogP contribution in [0.3, 0.4) is 0 Å². The zero-order valence-electron chi connectivity index (χ0n) is 31.7. The number of halogens is 2. The minimum absolute atomic E-state index is 0.0878. The van der Waals surface area contributed by atoms with Crippen molar-refractivity contribution in [1.82, 2.24) is 36.3 Å². The van der Waals surface area contributed by atoms with Crippen molar-refractivity contribution < 1.29 is 42.2 Å². The molecule has 0 aliphatic carbocycles. The van der Waals surface area contributed by atoms with Gasteiger partial charge in [-0.2, -0.15) is 11.8 Å². The summed E-state index contributed by atoms with van der Waals surface area (Å²) in [6.07, 6.45) is 7.45. The molecule has 0 unspecified atom stereocenters. The van der Waals surface area contributed by atoms with E-state index in [9.17, 15) is 32.8 Å². The number of carbonyl (C=O) groups is 5. The molecule has 0 radical (unpaired) electrons. The summed E-state index contributed by atoms with van der Waals surface area (Å²) in [6.45, 7) is 0.456. The summed E-state index contributed by atoms with van der Waals surface area (Å²) in [5.41, 5.74) is 6.81. The Morgan fingerprint density at radius 1 is 0.982 bits per heavy atom. The fourth-order valence-electron chi connectivity index (χ4n) is 6.56. The molecular weight excluding hydrogens is 763 g/mol. The van der Waals surface area contributed by atoms with Crippen LogP contribution in [-0.4, -0.2) is 99.9 Å². The maximum Gasteiger partial charge on any atom is 0.315 e. The van der Waals surface area contributed by atoms with E-state index < -0.39 is 41.7 Å². The summed E-state index contributed by atoms with van der Waals surface area (Å²) >= 11 is 1.88. The van der Waals surface area contributed by atoms with Crippen molar-refractivity contribution in [3.05, 3.63) is 71.6 Å². The van der Waals surface area contributed by atoms with Crippen molar-refractivity contribution in [3.8, 4) is 11.4 Å². The van der Waals surface area contributed by atoms with Crippen LogP contribution >= 0.6 is 11.8 Å². The minimum Gasteiger partial charge on any atom is -0.480 e. The van der Waals surface area contributed by atoms with E-state index >= 15 is 0 Å². The topological polar surface area (TPSA) is 209 Å². The van der Waals surface area contributed by atoms with Gasteiger partial charge in [0.1, 0.15) is 18.1 Å². The lowest BCUT2D eigenvalue weighted by molar-refractivity contribution is -0.123. The summed E-state index contributed by atoms with van der Waals surface area (Å²) in [6, 6.07) is 9.01. The molecule has 1 aromatic heterocycles. The summed E-state index contributed by atoms with van der Waals surface area (Å²) < 4.78 is 40.2. The number of Topliss-reactive ketones (excluding diaryl/α,β-unsaturated/α-hetero) is 2. The highest BCUT2D eigenvalue weighted by Gasteiger charge is 2.42. The van der Waals surface area contributed by atoms with E-state index in [-0.39, 0.29) is 61.4 Å². The smallest absolute Gasteiger partial charge is 0.315 e. The Labute approximate surface area is 333 Å². The van der Waals surface area contributed by atoms with Gasteiger partial charge in [0, 0.05) is 42.4 Å². The maximum absolute atomic E-state index is 14.0. The zero-order valence-corrected chi connectivity index (χ0v) is 32.5. The maximum atomic E-state index is 14.0. The van der Waals surface area contributed by atoms with Crippen molar-refractivity contribution in [3.63, 3.8) is 0 Å². The number of hydrogen-bond donors (Lipinski definition) is 5. The normalized spacial score (nSPS) is 17.7. The first-order valence-corrected chi connectivity index (χ1v) is 20.3. The Balaban J connectivity index is 0.972. The third-order valence-electron chi connectivity index (χ3n) is 9.65. The summed E-state index contributed by atoms with van der Waals surface area (Å²) in [4.78, 5) is 62.5. The molecule has 4 amide bonds. The summed E-state index contributed by atoms with van der Waals surface area (Å²) in [5.74, 6) is -2.77. The van der Waals surface area contributed by atoms with Crippen LogP contribution in [0.5, 0.6) is 5.75 Å². The molecule has 2 saturated heterocycles. The summed E-state index contributed by atoms with van der Waals surface area (Å²) in [7, 11) is 0. The van der Waals surface area contributed by atoms with Gasteiger partial charge in [0.05, 0.1) is 43.2 Å². The third kappa shape index (κ3) is 13.3. The van der Waals surface area contributed by atoms with E-state index in [2.05, 4.69) is 31.6 Å². The molecular formula is C39H50F2N8O7S. The van der Waals surface area contributed by atoms with Crippen LogP contribution in [0.1, 0.15) is 80.3 Å². The number of urea groups is 1. The van der Waals surface area contributed by atoms with E-state index in [1.807, 2.05) is 11.8 Å². The Bertz CT molecular complexity index is 1830. The molecule has 6 N–H and O–H groups in total. The van der Waals surface area contributed by atoms with Gasteiger partial charge in [-0.15, -0.1) is 5.10 Å². The van der Waals surface area contributed by atoms with Gasteiger partial charge in [-0.1, -0.05) is 23.8 Å². The van der Waals surface area contributed by atoms with Gasteiger partial charge in [0.15, 0.2) is 23.2 Å². The lowest BCUT2D eigenvalue weighted by atomic mass is 10.0. The highest BCUT2D eigenvalue weighted by atomic mass is 32.2. The van der Waals surface area contributed by atoms with Gasteiger partial charge in [-0.05, 0) is 75.4 Å². The standard InChI is InChI=1S/C39H50F2N8O7S/c40-29-12-6-13-30(41)37(29)56-23-33(51)31(14-3-4-17-42)44-38(53)25-8-5-9-27(20-25)49-22-26(47-48-49)21-43-35(52)16-19-55-18-7-11-28(50)10-1-2-15-34-36-32(24-57-34)45-39(54)46-36/h5-6,8-9,12-13,20,22,31-32,34,36H,1-4,7,10-11,14-19,21,23-24,42H2,(H,43,52)(H,44,53)(H2,45,46,54)/t31-,32-,34-,36-/m0/s1. The highest BCUT2D eigenvalue weighted by Crippen LogP contribution is 2.33. The Morgan fingerprint density at radius 3 is 2.58 bits per heavy atom. The molecule has 2 aliphatic rings. The molecule has 0 saturated carbocycles. The van der Waals surface area contributed by atoms with Crippen LogP contribution < -0.4 is 31.7 Å². The molecule has 18 heteroatoms.